The van der Waals surface area contributed by atoms with E-state index in [0.717, 1.165) is 18.0 Å². The summed E-state index contributed by atoms with van der Waals surface area (Å²) in [6.07, 6.45) is 10.1. The van der Waals surface area contributed by atoms with E-state index in [2.05, 4.69) is 18.7 Å². The average molecular weight is 195 g/mol. The van der Waals surface area contributed by atoms with Gasteiger partial charge in [-0.1, -0.05) is 26.7 Å². The second kappa shape index (κ2) is 4.65. The van der Waals surface area contributed by atoms with E-state index in [1.54, 1.807) is 0 Å². The van der Waals surface area contributed by atoms with Crippen molar-refractivity contribution in [3.05, 3.63) is 0 Å². The zero-order chi connectivity index (χ0) is 9.97. The maximum atomic E-state index is 2.84. The molecule has 1 heteroatoms. The van der Waals surface area contributed by atoms with Crippen molar-refractivity contribution < 1.29 is 0 Å². The standard InChI is InChI=1S/C13H25N/c1-3-4-6-12-9-8-11(2)13-7-5-10-14(12)13/h11-13H,3-10H2,1-2H3. The molecule has 2 aliphatic rings. The van der Waals surface area contributed by atoms with Crippen LogP contribution in [0.5, 0.6) is 0 Å². The molecule has 0 aromatic heterocycles. The van der Waals surface area contributed by atoms with E-state index in [9.17, 15) is 0 Å². The van der Waals surface area contributed by atoms with Crippen LogP contribution in [0.1, 0.15) is 58.8 Å². The first-order valence-corrected chi connectivity index (χ1v) is 6.58. The number of hydrogen-bond acceptors (Lipinski definition) is 1. The van der Waals surface area contributed by atoms with Gasteiger partial charge in [-0.25, -0.2) is 0 Å². The fourth-order valence-electron chi connectivity index (χ4n) is 3.44. The lowest BCUT2D eigenvalue weighted by Crippen LogP contribution is -2.46. The summed E-state index contributed by atoms with van der Waals surface area (Å²) < 4.78 is 0. The molecule has 0 aromatic rings. The summed E-state index contributed by atoms with van der Waals surface area (Å²) in [4.78, 5) is 2.84. The maximum absolute atomic E-state index is 2.84. The van der Waals surface area contributed by atoms with Crippen LogP contribution in [0.3, 0.4) is 0 Å². The van der Waals surface area contributed by atoms with Gasteiger partial charge in [0.1, 0.15) is 0 Å². The molecule has 0 aliphatic carbocycles. The fraction of sp³-hybridized carbons (Fsp3) is 1.00. The molecule has 0 aromatic carbocycles. The third kappa shape index (κ3) is 1.98. The van der Waals surface area contributed by atoms with Gasteiger partial charge in [0, 0.05) is 12.1 Å². The third-order valence-electron chi connectivity index (χ3n) is 4.31. The summed E-state index contributed by atoms with van der Waals surface area (Å²) in [5, 5.41) is 0. The second-order valence-corrected chi connectivity index (χ2v) is 5.30. The van der Waals surface area contributed by atoms with Gasteiger partial charge in [0.05, 0.1) is 0 Å². The highest BCUT2D eigenvalue weighted by molar-refractivity contribution is 4.92. The molecule has 0 saturated carbocycles. The Morgan fingerprint density at radius 3 is 2.86 bits per heavy atom. The van der Waals surface area contributed by atoms with Gasteiger partial charge >= 0.3 is 0 Å². The first-order valence-electron chi connectivity index (χ1n) is 6.58. The Balaban J connectivity index is 1.92. The van der Waals surface area contributed by atoms with E-state index in [1.807, 2.05) is 0 Å². The SMILES string of the molecule is CCCCC1CCC(C)C2CCCN12. The molecule has 0 amide bonds. The topological polar surface area (TPSA) is 3.24 Å². The van der Waals surface area contributed by atoms with Gasteiger partial charge in [0.2, 0.25) is 0 Å². The van der Waals surface area contributed by atoms with Crippen molar-refractivity contribution in [2.24, 2.45) is 5.92 Å². The molecule has 2 aliphatic heterocycles. The minimum Gasteiger partial charge on any atom is -0.297 e. The maximum Gasteiger partial charge on any atom is 0.0124 e. The average Bonchev–Trinajstić information content (AvgIpc) is 2.66. The van der Waals surface area contributed by atoms with Crippen LogP contribution in [0.2, 0.25) is 0 Å². The molecule has 0 spiro atoms. The van der Waals surface area contributed by atoms with Crippen molar-refractivity contribution >= 4 is 0 Å². The van der Waals surface area contributed by atoms with Crippen molar-refractivity contribution in [2.45, 2.75) is 70.9 Å². The zero-order valence-electron chi connectivity index (χ0n) is 9.84. The Labute approximate surface area is 88.9 Å². The molecule has 14 heavy (non-hydrogen) atoms. The molecular formula is C13H25N. The van der Waals surface area contributed by atoms with Crippen molar-refractivity contribution in [3.63, 3.8) is 0 Å². The van der Waals surface area contributed by atoms with Crippen LogP contribution in [-0.4, -0.2) is 23.5 Å². The molecule has 3 unspecified atom stereocenters. The number of piperidine rings is 1. The highest BCUT2D eigenvalue weighted by Gasteiger charge is 2.37. The van der Waals surface area contributed by atoms with Crippen LogP contribution < -0.4 is 0 Å². The van der Waals surface area contributed by atoms with Crippen LogP contribution in [0.4, 0.5) is 0 Å². The Morgan fingerprint density at radius 1 is 1.21 bits per heavy atom. The van der Waals surface area contributed by atoms with Crippen molar-refractivity contribution in [1.82, 2.24) is 4.90 Å². The Kier molecular flexibility index (Phi) is 3.48. The van der Waals surface area contributed by atoms with E-state index in [4.69, 9.17) is 0 Å². The molecule has 0 bridgehead atoms. The molecule has 2 fully saturated rings. The van der Waals surface area contributed by atoms with E-state index in [-0.39, 0.29) is 0 Å². The zero-order valence-corrected chi connectivity index (χ0v) is 9.84. The largest absolute Gasteiger partial charge is 0.297 e. The number of unbranched alkanes of at least 4 members (excludes halogenated alkanes) is 1. The summed E-state index contributed by atoms with van der Waals surface area (Å²) in [6, 6.07) is 1.89. The van der Waals surface area contributed by atoms with Crippen LogP contribution in [0.25, 0.3) is 0 Å². The molecule has 2 saturated heterocycles. The van der Waals surface area contributed by atoms with E-state index < -0.39 is 0 Å². The van der Waals surface area contributed by atoms with E-state index in [0.29, 0.717) is 0 Å². The molecule has 82 valence electrons. The number of rotatable bonds is 3. The summed E-state index contributed by atoms with van der Waals surface area (Å²) in [5.74, 6) is 0.968. The minimum atomic E-state index is 0.943. The summed E-state index contributed by atoms with van der Waals surface area (Å²) in [6.45, 7) is 6.16. The van der Waals surface area contributed by atoms with Gasteiger partial charge in [-0.05, 0) is 44.6 Å². The van der Waals surface area contributed by atoms with Crippen molar-refractivity contribution in [2.75, 3.05) is 6.54 Å². The first kappa shape index (κ1) is 10.5. The molecule has 1 nitrogen and oxygen atoms in total. The van der Waals surface area contributed by atoms with Gasteiger partial charge in [-0.15, -0.1) is 0 Å². The van der Waals surface area contributed by atoms with Gasteiger partial charge in [0.15, 0.2) is 0 Å². The molecular weight excluding hydrogens is 170 g/mol. The summed E-state index contributed by atoms with van der Waals surface area (Å²) in [5.41, 5.74) is 0. The highest BCUT2D eigenvalue weighted by atomic mass is 15.2. The van der Waals surface area contributed by atoms with Crippen LogP contribution in [-0.2, 0) is 0 Å². The molecule has 2 heterocycles. The summed E-state index contributed by atoms with van der Waals surface area (Å²) in [7, 11) is 0. The second-order valence-electron chi connectivity index (χ2n) is 5.30. The Bertz CT molecular complexity index is 176. The molecule has 0 N–H and O–H groups in total. The van der Waals surface area contributed by atoms with Crippen molar-refractivity contribution in [1.29, 1.82) is 0 Å². The lowest BCUT2D eigenvalue weighted by molar-refractivity contribution is 0.0754. The highest BCUT2D eigenvalue weighted by Crippen LogP contribution is 2.36. The van der Waals surface area contributed by atoms with E-state index >= 15 is 0 Å². The van der Waals surface area contributed by atoms with Gasteiger partial charge in [-0.3, -0.25) is 4.90 Å². The lowest BCUT2D eigenvalue weighted by atomic mass is 9.85. The van der Waals surface area contributed by atoms with E-state index in [1.165, 1.54) is 51.5 Å². The van der Waals surface area contributed by atoms with Gasteiger partial charge in [-0.2, -0.15) is 0 Å². The monoisotopic (exact) mass is 195 g/mol. The number of nitrogens with zero attached hydrogens (tertiary/aromatic N) is 1. The normalized spacial score (nSPS) is 38.6. The quantitative estimate of drug-likeness (QED) is 0.667. The third-order valence-corrected chi connectivity index (χ3v) is 4.31. The summed E-state index contributed by atoms with van der Waals surface area (Å²) >= 11 is 0. The van der Waals surface area contributed by atoms with Gasteiger partial charge in [0.25, 0.3) is 0 Å². The molecule has 3 atom stereocenters. The smallest absolute Gasteiger partial charge is 0.0124 e. The van der Waals surface area contributed by atoms with Gasteiger partial charge < -0.3 is 0 Å². The van der Waals surface area contributed by atoms with Crippen LogP contribution in [0, 0.1) is 5.92 Å². The lowest BCUT2D eigenvalue weighted by Gasteiger charge is -2.41. The Hall–Kier alpha value is -0.0400. The molecule has 2 rings (SSSR count). The first-order chi connectivity index (χ1) is 6.83. The minimum absolute atomic E-state index is 0.943. The number of hydrogen-bond donors (Lipinski definition) is 0. The van der Waals surface area contributed by atoms with Crippen LogP contribution >= 0.6 is 0 Å². The van der Waals surface area contributed by atoms with Crippen molar-refractivity contribution in [3.8, 4) is 0 Å². The predicted octanol–water partition coefficient (Wildman–Crippen LogP) is 3.44. The predicted molar refractivity (Wildman–Crippen MR) is 61.4 cm³/mol. The molecule has 0 radical (unpaired) electrons. The van der Waals surface area contributed by atoms with Crippen LogP contribution in [0.15, 0.2) is 0 Å². The fourth-order valence-corrected chi connectivity index (χ4v) is 3.44. The number of fused-ring (bicyclic) bond motifs is 1. The Morgan fingerprint density at radius 2 is 2.07 bits per heavy atom.